The molecule has 29 heavy (non-hydrogen) atoms. The molecule has 0 amide bonds. The van der Waals surface area contributed by atoms with Crippen molar-refractivity contribution in [3.8, 4) is 0 Å². The highest BCUT2D eigenvalue weighted by Crippen LogP contribution is 2.30. The van der Waals surface area contributed by atoms with E-state index in [2.05, 4.69) is 97.0 Å². The molecule has 2 heteroatoms. The summed E-state index contributed by atoms with van der Waals surface area (Å²) in [5.41, 5.74) is 11.3. The van der Waals surface area contributed by atoms with E-state index in [1.54, 1.807) is 0 Å². The lowest BCUT2D eigenvalue weighted by Crippen LogP contribution is -2.34. The van der Waals surface area contributed by atoms with Crippen molar-refractivity contribution in [1.29, 1.82) is 0 Å². The minimum Gasteiger partial charge on any atom is -0.0901 e. The molecule has 150 valence electrons. The van der Waals surface area contributed by atoms with Gasteiger partial charge in [-0.15, -0.1) is 0 Å². The molecule has 0 saturated heterocycles. The van der Waals surface area contributed by atoms with Crippen LogP contribution in [0.2, 0.25) is 0 Å². The molecule has 1 atom stereocenters. The average molecular weight is 400 g/mol. The van der Waals surface area contributed by atoms with E-state index >= 15 is 0 Å². The average Bonchev–Trinajstić information content (AvgIpc) is 2.66. The molecule has 0 N–H and O–H groups in total. The Kier molecular flexibility index (Phi) is 6.95. The van der Waals surface area contributed by atoms with E-state index in [1.807, 2.05) is 11.8 Å². The van der Waals surface area contributed by atoms with Gasteiger partial charge in [-0.05, 0) is 76.8 Å². The maximum atomic E-state index is 2.36. The van der Waals surface area contributed by atoms with Gasteiger partial charge in [-0.3, -0.25) is 0 Å². The molecule has 0 radical (unpaired) electrons. The molecule has 3 aromatic rings. The minimum absolute atomic E-state index is 0.631. The lowest BCUT2D eigenvalue weighted by molar-refractivity contribution is 0.733. The molecule has 0 aliphatic rings. The Balaban J connectivity index is 1.83. The van der Waals surface area contributed by atoms with Gasteiger partial charge in [-0.1, -0.05) is 88.6 Å². The number of rotatable bonds is 6. The van der Waals surface area contributed by atoms with Crippen molar-refractivity contribution in [3.63, 3.8) is 0 Å². The molecule has 0 aliphatic heterocycles. The van der Waals surface area contributed by atoms with Gasteiger partial charge in [0.25, 0.3) is 0 Å². The smallest absolute Gasteiger partial charge is 0.0901 e. The lowest BCUT2D eigenvalue weighted by atomic mass is 9.58. The zero-order valence-corrected chi connectivity index (χ0v) is 19.8. The van der Waals surface area contributed by atoms with E-state index in [0.29, 0.717) is 5.92 Å². The van der Waals surface area contributed by atoms with Gasteiger partial charge in [0.1, 0.15) is 0 Å². The number of hydrogen-bond donors (Lipinski definition) is 0. The monoisotopic (exact) mass is 400 g/mol. The largest absolute Gasteiger partial charge is 0.193 e. The second-order valence-corrected chi connectivity index (χ2v) is 9.72. The highest BCUT2D eigenvalue weighted by Gasteiger charge is 2.13. The molecule has 0 fully saturated rings. The van der Waals surface area contributed by atoms with Crippen LogP contribution in [0.3, 0.4) is 0 Å². The van der Waals surface area contributed by atoms with Crippen LogP contribution >= 0.6 is 11.8 Å². The quantitative estimate of drug-likeness (QED) is 0.439. The van der Waals surface area contributed by atoms with Crippen LogP contribution in [0, 0.1) is 34.6 Å². The molecule has 0 spiro atoms. The fourth-order valence-electron chi connectivity index (χ4n) is 4.19. The van der Waals surface area contributed by atoms with Gasteiger partial charge < -0.3 is 0 Å². The molecule has 0 bridgehead atoms. The summed E-state index contributed by atoms with van der Waals surface area (Å²) in [6.45, 7) is 15.7. The van der Waals surface area contributed by atoms with Gasteiger partial charge in [0, 0.05) is 9.79 Å². The second kappa shape index (κ2) is 9.26. The Morgan fingerprint density at radius 3 is 1.69 bits per heavy atom. The Bertz CT molecular complexity index is 956. The Hall–Kier alpha value is -1.93. The summed E-state index contributed by atoms with van der Waals surface area (Å²) in [6.07, 6.45) is 1.19. The van der Waals surface area contributed by atoms with Crippen LogP contribution < -0.4 is 10.9 Å². The standard InChI is InChI=1S/C27H33BS/c1-8-18(3)23-9-11-24(12-10-23)29-25-15-21(6)27(22(7)16-25)28-26-19(4)13-17(2)14-20(26)5/h9-16,18,28H,8H2,1-7H3. The van der Waals surface area contributed by atoms with Crippen molar-refractivity contribution in [2.24, 2.45) is 0 Å². The SMILES string of the molecule is CCC(C)c1ccc(Sc2cc(C)c(Bc3c(C)cc(C)cc3C)c(C)c2)cc1. The predicted molar refractivity (Wildman–Crippen MR) is 132 cm³/mol. The molecule has 0 heterocycles. The minimum atomic E-state index is 0.631. The van der Waals surface area contributed by atoms with Gasteiger partial charge in [-0.2, -0.15) is 0 Å². The van der Waals surface area contributed by atoms with Crippen LogP contribution in [0.25, 0.3) is 0 Å². The fraction of sp³-hybridized carbons (Fsp3) is 0.333. The molecule has 0 saturated carbocycles. The van der Waals surface area contributed by atoms with Crippen molar-refractivity contribution < 1.29 is 0 Å². The van der Waals surface area contributed by atoms with Crippen LogP contribution in [0.15, 0.2) is 58.3 Å². The third kappa shape index (κ3) is 5.17. The zero-order valence-electron chi connectivity index (χ0n) is 19.0. The van der Waals surface area contributed by atoms with Crippen molar-refractivity contribution in [3.05, 3.63) is 81.9 Å². The third-order valence-electron chi connectivity index (χ3n) is 6.16. The van der Waals surface area contributed by atoms with E-state index in [9.17, 15) is 0 Å². The highest BCUT2D eigenvalue weighted by atomic mass is 32.2. The van der Waals surface area contributed by atoms with E-state index in [-0.39, 0.29) is 0 Å². The van der Waals surface area contributed by atoms with Crippen molar-refractivity contribution >= 4 is 30.0 Å². The molecule has 3 aromatic carbocycles. The summed E-state index contributed by atoms with van der Waals surface area (Å²) >= 11 is 1.87. The summed E-state index contributed by atoms with van der Waals surface area (Å²) in [4.78, 5) is 2.64. The van der Waals surface area contributed by atoms with Gasteiger partial charge in [-0.25, -0.2) is 0 Å². The summed E-state index contributed by atoms with van der Waals surface area (Å²) in [6, 6.07) is 18.4. The first-order valence-electron chi connectivity index (χ1n) is 10.7. The van der Waals surface area contributed by atoms with Crippen LogP contribution in [-0.4, -0.2) is 7.28 Å². The molecule has 0 nitrogen and oxygen atoms in total. The first-order chi connectivity index (χ1) is 13.8. The van der Waals surface area contributed by atoms with Gasteiger partial charge >= 0.3 is 0 Å². The van der Waals surface area contributed by atoms with Crippen LogP contribution in [0.4, 0.5) is 0 Å². The molecule has 0 aromatic heterocycles. The Morgan fingerprint density at radius 1 is 0.724 bits per heavy atom. The van der Waals surface area contributed by atoms with Gasteiger partial charge in [0.2, 0.25) is 0 Å². The van der Waals surface area contributed by atoms with E-state index in [4.69, 9.17) is 0 Å². The summed E-state index contributed by atoms with van der Waals surface area (Å²) < 4.78 is 0. The maximum absolute atomic E-state index is 2.36. The van der Waals surface area contributed by atoms with Crippen LogP contribution in [0.1, 0.15) is 59.6 Å². The summed E-state index contributed by atoms with van der Waals surface area (Å²) in [7, 11) is 1.02. The van der Waals surface area contributed by atoms with Gasteiger partial charge in [0.05, 0.1) is 0 Å². The molecular formula is C27H33BS. The zero-order chi connectivity index (χ0) is 21.1. The topological polar surface area (TPSA) is 0 Å². The third-order valence-corrected chi connectivity index (χ3v) is 7.14. The first-order valence-corrected chi connectivity index (χ1v) is 11.5. The number of benzene rings is 3. The first kappa shape index (κ1) is 21.8. The number of aryl methyl sites for hydroxylation is 5. The maximum Gasteiger partial charge on any atom is 0.193 e. The highest BCUT2D eigenvalue weighted by molar-refractivity contribution is 7.99. The molecule has 1 unspecified atom stereocenters. The van der Waals surface area contributed by atoms with Crippen molar-refractivity contribution in [1.82, 2.24) is 0 Å². The van der Waals surface area contributed by atoms with Crippen LogP contribution in [0.5, 0.6) is 0 Å². The van der Waals surface area contributed by atoms with Crippen molar-refractivity contribution in [2.45, 2.75) is 70.6 Å². The van der Waals surface area contributed by atoms with Crippen molar-refractivity contribution in [2.75, 3.05) is 0 Å². The van der Waals surface area contributed by atoms with Gasteiger partial charge in [0.15, 0.2) is 7.28 Å². The Morgan fingerprint density at radius 2 is 1.21 bits per heavy atom. The lowest BCUT2D eigenvalue weighted by Gasteiger charge is -2.16. The summed E-state index contributed by atoms with van der Waals surface area (Å²) in [5, 5.41) is 0. The normalized spacial score (nSPS) is 12.1. The second-order valence-electron chi connectivity index (χ2n) is 8.57. The van der Waals surface area contributed by atoms with Crippen LogP contribution in [-0.2, 0) is 0 Å². The molecular weight excluding hydrogens is 367 g/mol. The fourth-order valence-corrected chi connectivity index (χ4v) is 5.21. The molecule has 0 aliphatic carbocycles. The van der Waals surface area contributed by atoms with E-state index in [0.717, 1.165) is 7.28 Å². The van der Waals surface area contributed by atoms with E-state index in [1.165, 1.54) is 60.5 Å². The van der Waals surface area contributed by atoms with E-state index < -0.39 is 0 Å². The number of hydrogen-bond acceptors (Lipinski definition) is 1. The molecule has 3 rings (SSSR count). The Labute approximate surface area is 182 Å². The summed E-state index contributed by atoms with van der Waals surface area (Å²) in [5.74, 6) is 0.631. The predicted octanol–water partition coefficient (Wildman–Crippen LogP) is 6.28.